The summed E-state index contributed by atoms with van der Waals surface area (Å²) in [6, 6.07) is 0. The van der Waals surface area contributed by atoms with Crippen LogP contribution in [0.3, 0.4) is 0 Å². The first-order chi connectivity index (χ1) is 17.5. The predicted molar refractivity (Wildman–Crippen MR) is 147 cm³/mol. The molecular weight excluding hydrogens is 464 g/mol. The molecule has 0 aromatic heterocycles. The second-order valence-corrected chi connectivity index (χ2v) is 13.0. The summed E-state index contributed by atoms with van der Waals surface area (Å²) in [4.78, 5) is 12.6. The molecule has 0 aliphatic heterocycles. The summed E-state index contributed by atoms with van der Waals surface area (Å²) in [5.74, 6) is 1.39. The van der Waals surface area contributed by atoms with E-state index < -0.39 is 23.7 Å². The molecule has 5 heteroatoms. The molecule has 0 radical (unpaired) electrons. The Labute approximate surface area is 223 Å². The second kappa shape index (κ2) is 11.2. The van der Waals surface area contributed by atoms with Crippen LogP contribution in [0.2, 0.25) is 0 Å². The first-order valence-corrected chi connectivity index (χ1v) is 14.5. The first-order valence-electron chi connectivity index (χ1n) is 14.5. The number of ether oxygens (including phenoxy) is 1. The van der Waals surface area contributed by atoms with Crippen LogP contribution in [0.15, 0.2) is 47.6 Å². The molecular formula is C32H48O5. The van der Waals surface area contributed by atoms with Gasteiger partial charge in [0.2, 0.25) is 0 Å². The number of aliphatic hydroxyl groups is 3. The Balaban J connectivity index is 1.43. The van der Waals surface area contributed by atoms with Crippen molar-refractivity contribution in [2.45, 2.75) is 104 Å². The van der Waals surface area contributed by atoms with E-state index in [1.54, 1.807) is 0 Å². The summed E-state index contributed by atoms with van der Waals surface area (Å²) in [7, 11) is 0. The second-order valence-electron chi connectivity index (χ2n) is 13.0. The van der Waals surface area contributed by atoms with Crippen molar-refractivity contribution in [3.8, 4) is 0 Å². The number of esters is 1. The zero-order valence-corrected chi connectivity index (χ0v) is 23.3. The van der Waals surface area contributed by atoms with Crippen molar-refractivity contribution in [2.24, 2.45) is 34.5 Å². The maximum Gasteiger partial charge on any atom is 0.315 e. The lowest BCUT2D eigenvalue weighted by atomic mass is 9.61. The molecule has 7 atom stereocenters. The highest BCUT2D eigenvalue weighted by molar-refractivity contribution is 5.81. The van der Waals surface area contributed by atoms with Gasteiger partial charge in [-0.1, -0.05) is 64.2 Å². The van der Waals surface area contributed by atoms with E-state index in [4.69, 9.17) is 4.74 Å². The molecule has 4 aliphatic rings. The summed E-state index contributed by atoms with van der Waals surface area (Å²) >= 11 is 0. The van der Waals surface area contributed by atoms with Crippen LogP contribution in [0.5, 0.6) is 0 Å². The van der Waals surface area contributed by atoms with Crippen molar-refractivity contribution < 1.29 is 24.9 Å². The van der Waals surface area contributed by atoms with Gasteiger partial charge in [0.1, 0.15) is 0 Å². The van der Waals surface area contributed by atoms with Gasteiger partial charge in [0.15, 0.2) is 0 Å². The third kappa shape index (κ3) is 5.84. The fraction of sp³-hybridized carbons (Fsp3) is 0.719. The molecule has 4 aliphatic carbocycles. The molecule has 5 nitrogen and oxygen atoms in total. The number of hydrogen-bond acceptors (Lipinski definition) is 5. The number of allylic oxidation sites excluding steroid dienone is 4. The Hall–Kier alpha value is -1.69. The van der Waals surface area contributed by atoms with E-state index in [9.17, 15) is 20.1 Å². The number of hydrogen-bond donors (Lipinski definition) is 3. The van der Waals surface area contributed by atoms with Gasteiger partial charge in [-0.05, 0) is 91.6 Å². The van der Waals surface area contributed by atoms with E-state index in [2.05, 4.69) is 38.7 Å². The van der Waals surface area contributed by atoms with Crippen molar-refractivity contribution in [1.29, 1.82) is 0 Å². The van der Waals surface area contributed by atoms with Gasteiger partial charge >= 0.3 is 5.97 Å². The van der Waals surface area contributed by atoms with Crippen molar-refractivity contribution >= 4 is 5.97 Å². The smallest absolute Gasteiger partial charge is 0.315 e. The topological polar surface area (TPSA) is 87.0 Å². The molecule has 4 fully saturated rings. The maximum atomic E-state index is 12.6. The number of fused-ring (bicyclic) bond motifs is 1. The lowest BCUT2D eigenvalue weighted by Gasteiger charge is -2.44. The standard InChI is InChI=1S/C32H48O5/c1-20(2)19-37-30(36)32(15-16-32)29(35)13-8-21(3)26-11-12-27-23(7-6-14-31(26,27)5)9-10-24-17-25(33)18-28(34)22(24)4/h8-10,13,20-21,25-29,33-35H,4,6-7,11-12,14-19H2,1-3,5H3/b13-8+,23-9+,24-10-/t21-,25-,26-,27+,28+,29-,31-/m1/s1. The van der Waals surface area contributed by atoms with Crippen LogP contribution in [0.25, 0.3) is 0 Å². The van der Waals surface area contributed by atoms with Crippen molar-refractivity contribution in [3.05, 3.63) is 47.6 Å². The van der Waals surface area contributed by atoms with Crippen LogP contribution in [0.1, 0.15) is 85.5 Å². The monoisotopic (exact) mass is 512 g/mol. The number of aliphatic hydroxyl groups excluding tert-OH is 3. The lowest BCUT2D eigenvalue weighted by molar-refractivity contribution is -0.154. The molecule has 0 amide bonds. The van der Waals surface area contributed by atoms with Gasteiger partial charge in [0, 0.05) is 6.42 Å². The van der Waals surface area contributed by atoms with Gasteiger partial charge in [-0.3, -0.25) is 4.79 Å². The summed E-state index contributed by atoms with van der Waals surface area (Å²) in [6.07, 6.45) is 14.5. The quantitative estimate of drug-likeness (QED) is 0.289. The van der Waals surface area contributed by atoms with Crippen LogP contribution in [-0.4, -0.2) is 46.2 Å². The highest BCUT2D eigenvalue weighted by Gasteiger charge is 2.56. The molecule has 0 aromatic carbocycles. The Bertz CT molecular complexity index is 954. The molecule has 0 aromatic rings. The van der Waals surface area contributed by atoms with Crippen LogP contribution in [0, 0.1) is 34.5 Å². The summed E-state index contributed by atoms with van der Waals surface area (Å²) in [6.45, 7) is 13.2. The molecule has 0 heterocycles. The zero-order valence-electron chi connectivity index (χ0n) is 23.3. The molecule has 4 saturated carbocycles. The Morgan fingerprint density at radius 2 is 1.86 bits per heavy atom. The predicted octanol–water partition coefficient (Wildman–Crippen LogP) is 5.66. The third-order valence-corrected chi connectivity index (χ3v) is 9.84. The highest BCUT2D eigenvalue weighted by Crippen LogP contribution is 2.59. The average Bonchev–Trinajstić information content (AvgIpc) is 3.58. The normalized spacial score (nSPS) is 37.2. The molecule has 37 heavy (non-hydrogen) atoms. The van der Waals surface area contributed by atoms with Crippen LogP contribution < -0.4 is 0 Å². The van der Waals surface area contributed by atoms with Crippen LogP contribution >= 0.6 is 0 Å². The van der Waals surface area contributed by atoms with E-state index in [0.29, 0.717) is 50.0 Å². The number of rotatable bonds is 8. The highest BCUT2D eigenvalue weighted by atomic mass is 16.5. The Morgan fingerprint density at radius 1 is 1.14 bits per heavy atom. The zero-order chi connectivity index (χ0) is 27.0. The number of carbonyl (C=O) groups excluding carboxylic acids is 1. The van der Waals surface area contributed by atoms with E-state index >= 15 is 0 Å². The maximum absolute atomic E-state index is 12.6. The lowest BCUT2D eigenvalue weighted by Crippen LogP contribution is -2.36. The van der Waals surface area contributed by atoms with E-state index in [1.807, 2.05) is 19.9 Å². The summed E-state index contributed by atoms with van der Waals surface area (Å²) in [5, 5.41) is 31.2. The molecule has 0 bridgehead atoms. The van der Waals surface area contributed by atoms with Crippen molar-refractivity contribution in [1.82, 2.24) is 0 Å². The number of carbonyl (C=O) groups is 1. The van der Waals surface area contributed by atoms with E-state index in [-0.39, 0.29) is 17.3 Å². The third-order valence-electron chi connectivity index (χ3n) is 9.84. The van der Waals surface area contributed by atoms with Crippen molar-refractivity contribution in [2.75, 3.05) is 6.61 Å². The van der Waals surface area contributed by atoms with E-state index in [1.165, 1.54) is 12.0 Å². The van der Waals surface area contributed by atoms with Gasteiger partial charge in [-0.2, -0.15) is 0 Å². The van der Waals surface area contributed by atoms with Gasteiger partial charge in [0.25, 0.3) is 0 Å². The minimum Gasteiger partial charge on any atom is -0.465 e. The molecule has 206 valence electrons. The largest absolute Gasteiger partial charge is 0.465 e. The molecule has 0 unspecified atom stereocenters. The van der Waals surface area contributed by atoms with E-state index in [0.717, 1.165) is 36.8 Å². The van der Waals surface area contributed by atoms with Gasteiger partial charge < -0.3 is 20.1 Å². The minimum atomic E-state index is -0.789. The fourth-order valence-electron chi connectivity index (χ4n) is 7.35. The minimum absolute atomic E-state index is 0.202. The first kappa shape index (κ1) is 28.3. The molecule has 4 rings (SSSR count). The molecule has 0 saturated heterocycles. The average molecular weight is 513 g/mol. The SMILES string of the molecule is C=C1/C(=C\C=C2/CCC[C@]3(C)[C@@H]([C@H](C)/C=C/[C@@H](O)C4(C(=O)OCC(C)C)CC4)CC[C@@H]23)C[C@@H](O)C[C@@H]1O. The van der Waals surface area contributed by atoms with Gasteiger partial charge in [0.05, 0.1) is 30.3 Å². The van der Waals surface area contributed by atoms with Crippen molar-refractivity contribution in [3.63, 3.8) is 0 Å². The Kier molecular flexibility index (Phi) is 8.57. The fourth-order valence-corrected chi connectivity index (χ4v) is 7.35. The molecule has 3 N–H and O–H groups in total. The summed E-state index contributed by atoms with van der Waals surface area (Å²) < 4.78 is 5.47. The van der Waals surface area contributed by atoms with Crippen LogP contribution in [-0.2, 0) is 9.53 Å². The molecule has 0 spiro atoms. The Morgan fingerprint density at radius 3 is 2.54 bits per heavy atom. The van der Waals surface area contributed by atoms with Gasteiger partial charge in [-0.25, -0.2) is 0 Å². The summed E-state index contributed by atoms with van der Waals surface area (Å²) in [5.41, 5.74) is 2.64. The van der Waals surface area contributed by atoms with Crippen LogP contribution in [0.4, 0.5) is 0 Å². The van der Waals surface area contributed by atoms with Gasteiger partial charge in [-0.15, -0.1) is 0 Å².